The Labute approximate surface area is 99.2 Å². The molecule has 0 spiro atoms. The molecule has 0 rings (SSSR count). The average Bonchev–Trinajstić information content (AvgIpc) is 2.31. The van der Waals surface area contributed by atoms with Gasteiger partial charge in [0.05, 0.1) is 12.7 Å². The minimum atomic E-state index is -0.112. The second-order valence-corrected chi connectivity index (χ2v) is 3.75. The summed E-state index contributed by atoms with van der Waals surface area (Å²) in [5, 5.41) is 0. The highest BCUT2D eigenvalue weighted by molar-refractivity contribution is 4.52. The molecule has 0 saturated heterocycles. The molecule has 16 heavy (non-hydrogen) atoms. The van der Waals surface area contributed by atoms with Crippen molar-refractivity contribution in [1.82, 2.24) is 0 Å². The minimum absolute atomic E-state index is 0.100. The van der Waals surface area contributed by atoms with Crippen LogP contribution in [-0.2, 0) is 18.9 Å². The van der Waals surface area contributed by atoms with E-state index in [2.05, 4.69) is 0 Å². The van der Waals surface area contributed by atoms with Crippen molar-refractivity contribution in [3.8, 4) is 0 Å². The zero-order chi connectivity index (χ0) is 12.4. The van der Waals surface area contributed by atoms with Gasteiger partial charge in [-0.25, -0.2) is 0 Å². The summed E-state index contributed by atoms with van der Waals surface area (Å²) in [4.78, 5) is 0. The Morgan fingerprint density at radius 3 is 1.94 bits per heavy atom. The van der Waals surface area contributed by atoms with Crippen LogP contribution in [0.5, 0.6) is 0 Å². The topological polar surface area (TPSA) is 36.9 Å². The van der Waals surface area contributed by atoms with Gasteiger partial charge in [0.15, 0.2) is 12.6 Å². The van der Waals surface area contributed by atoms with Crippen LogP contribution < -0.4 is 0 Å². The molecule has 0 bridgehead atoms. The quantitative estimate of drug-likeness (QED) is 0.544. The average molecular weight is 234 g/mol. The molecule has 0 aliphatic heterocycles. The van der Waals surface area contributed by atoms with Crippen LogP contribution in [0.4, 0.5) is 0 Å². The smallest absolute Gasteiger partial charge is 0.157 e. The fraction of sp³-hybridized carbons (Fsp3) is 1.00. The van der Waals surface area contributed by atoms with Crippen molar-refractivity contribution in [2.24, 2.45) is 0 Å². The summed E-state index contributed by atoms with van der Waals surface area (Å²) in [7, 11) is 3.32. The van der Waals surface area contributed by atoms with Crippen LogP contribution in [-0.4, -0.2) is 39.5 Å². The highest BCUT2D eigenvalue weighted by atomic mass is 16.7. The summed E-state index contributed by atoms with van der Waals surface area (Å²) in [6.45, 7) is 6.74. The van der Waals surface area contributed by atoms with Crippen LogP contribution in [0.2, 0.25) is 0 Å². The van der Waals surface area contributed by atoms with Gasteiger partial charge in [0, 0.05) is 14.2 Å². The highest BCUT2D eigenvalue weighted by Crippen LogP contribution is 2.08. The van der Waals surface area contributed by atoms with Gasteiger partial charge in [-0.2, -0.15) is 0 Å². The summed E-state index contributed by atoms with van der Waals surface area (Å²) in [6, 6.07) is 0. The molecule has 0 amide bonds. The van der Waals surface area contributed by atoms with E-state index in [1.807, 2.05) is 20.8 Å². The second-order valence-electron chi connectivity index (χ2n) is 3.75. The number of ether oxygens (including phenoxy) is 4. The molecule has 0 N–H and O–H groups in total. The minimum Gasteiger partial charge on any atom is -0.356 e. The molecule has 4 heteroatoms. The first kappa shape index (κ1) is 15.8. The van der Waals surface area contributed by atoms with Crippen molar-refractivity contribution in [3.05, 3.63) is 0 Å². The Hall–Kier alpha value is -0.160. The molecule has 0 aliphatic rings. The van der Waals surface area contributed by atoms with Gasteiger partial charge in [-0.05, 0) is 26.2 Å². The van der Waals surface area contributed by atoms with Gasteiger partial charge in [-0.3, -0.25) is 0 Å². The summed E-state index contributed by atoms with van der Waals surface area (Å²) < 4.78 is 21.4. The van der Waals surface area contributed by atoms with Crippen LogP contribution in [0.15, 0.2) is 0 Å². The molecule has 0 heterocycles. The number of rotatable bonds is 10. The fourth-order valence-corrected chi connectivity index (χ4v) is 1.36. The molecule has 0 aromatic rings. The lowest BCUT2D eigenvalue weighted by atomic mass is 10.3. The van der Waals surface area contributed by atoms with Crippen LogP contribution in [0, 0.1) is 0 Å². The van der Waals surface area contributed by atoms with Crippen LogP contribution in [0.3, 0.4) is 0 Å². The van der Waals surface area contributed by atoms with E-state index in [9.17, 15) is 0 Å². The Morgan fingerprint density at radius 2 is 1.50 bits per heavy atom. The number of methoxy groups -OCH3 is 2. The molecule has 0 saturated carbocycles. The Bertz CT molecular complexity index is 144. The van der Waals surface area contributed by atoms with Gasteiger partial charge >= 0.3 is 0 Å². The summed E-state index contributed by atoms with van der Waals surface area (Å²) in [6.07, 6.45) is 2.49. The molecule has 0 aliphatic carbocycles. The second kappa shape index (κ2) is 10.0. The van der Waals surface area contributed by atoms with Crippen LogP contribution >= 0.6 is 0 Å². The SMILES string of the molecule is CCC(OC)OCCC(C)OC(CC)OC. The van der Waals surface area contributed by atoms with Gasteiger partial charge in [-0.15, -0.1) is 0 Å². The molecular formula is C12H26O4. The van der Waals surface area contributed by atoms with E-state index < -0.39 is 0 Å². The maximum Gasteiger partial charge on any atom is 0.157 e. The molecule has 98 valence electrons. The van der Waals surface area contributed by atoms with Crippen LogP contribution in [0.1, 0.15) is 40.0 Å². The molecule has 4 nitrogen and oxygen atoms in total. The van der Waals surface area contributed by atoms with Crippen molar-refractivity contribution in [3.63, 3.8) is 0 Å². The van der Waals surface area contributed by atoms with Gasteiger partial charge in [0.1, 0.15) is 0 Å². The third-order valence-electron chi connectivity index (χ3n) is 2.40. The summed E-state index contributed by atoms with van der Waals surface area (Å²) >= 11 is 0. The molecule has 3 unspecified atom stereocenters. The predicted molar refractivity (Wildman–Crippen MR) is 63.3 cm³/mol. The summed E-state index contributed by atoms with van der Waals surface area (Å²) in [5.41, 5.74) is 0. The monoisotopic (exact) mass is 234 g/mol. The highest BCUT2D eigenvalue weighted by Gasteiger charge is 2.11. The molecule has 0 radical (unpaired) electrons. The van der Waals surface area contributed by atoms with Crippen molar-refractivity contribution >= 4 is 0 Å². The van der Waals surface area contributed by atoms with Crippen LogP contribution in [0.25, 0.3) is 0 Å². The van der Waals surface area contributed by atoms with Gasteiger partial charge < -0.3 is 18.9 Å². The standard InChI is InChI=1S/C12H26O4/c1-6-11(13-4)15-9-8-10(3)16-12(7-2)14-5/h10-12H,6-9H2,1-5H3. The van der Waals surface area contributed by atoms with Gasteiger partial charge in [0.2, 0.25) is 0 Å². The van der Waals surface area contributed by atoms with Crippen molar-refractivity contribution in [2.75, 3.05) is 20.8 Å². The summed E-state index contributed by atoms with van der Waals surface area (Å²) in [5.74, 6) is 0. The molecule has 3 atom stereocenters. The first-order chi connectivity index (χ1) is 7.67. The van der Waals surface area contributed by atoms with Gasteiger partial charge in [-0.1, -0.05) is 13.8 Å². The number of hydrogen-bond acceptors (Lipinski definition) is 4. The zero-order valence-corrected chi connectivity index (χ0v) is 11.2. The largest absolute Gasteiger partial charge is 0.356 e. The lowest BCUT2D eigenvalue weighted by Crippen LogP contribution is -2.23. The molecule has 0 fully saturated rings. The molecule has 0 aromatic carbocycles. The van der Waals surface area contributed by atoms with E-state index in [-0.39, 0.29) is 18.7 Å². The predicted octanol–water partition coefficient (Wildman–Crippen LogP) is 2.56. The van der Waals surface area contributed by atoms with Gasteiger partial charge in [0.25, 0.3) is 0 Å². The lowest BCUT2D eigenvalue weighted by Gasteiger charge is -2.21. The maximum absolute atomic E-state index is 5.65. The Kier molecular flexibility index (Phi) is 9.92. The Balaban J connectivity index is 3.60. The van der Waals surface area contributed by atoms with E-state index >= 15 is 0 Å². The fourth-order valence-electron chi connectivity index (χ4n) is 1.36. The third kappa shape index (κ3) is 7.17. The van der Waals surface area contributed by atoms with Crippen molar-refractivity contribution in [1.29, 1.82) is 0 Å². The first-order valence-corrected chi connectivity index (χ1v) is 6.00. The zero-order valence-electron chi connectivity index (χ0n) is 11.2. The van der Waals surface area contributed by atoms with Crippen molar-refractivity contribution < 1.29 is 18.9 Å². The van der Waals surface area contributed by atoms with E-state index in [1.165, 1.54) is 0 Å². The van der Waals surface area contributed by atoms with Crippen molar-refractivity contribution in [2.45, 2.75) is 58.7 Å². The lowest BCUT2D eigenvalue weighted by molar-refractivity contribution is -0.166. The van der Waals surface area contributed by atoms with E-state index in [1.54, 1.807) is 14.2 Å². The first-order valence-electron chi connectivity index (χ1n) is 6.00. The van der Waals surface area contributed by atoms with E-state index in [0.717, 1.165) is 19.3 Å². The third-order valence-corrected chi connectivity index (χ3v) is 2.40. The normalized spacial score (nSPS) is 17.1. The van der Waals surface area contributed by atoms with E-state index in [0.29, 0.717) is 6.61 Å². The Morgan fingerprint density at radius 1 is 0.938 bits per heavy atom. The maximum atomic E-state index is 5.65. The molecule has 0 aromatic heterocycles. The number of hydrogen-bond donors (Lipinski definition) is 0. The molecular weight excluding hydrogens is 208 g/mol. The van der Waals surface area contributed by atoms with E-state index in [4.69, 9.17) is 18.9 Å².